The van der Waals surface area contributed by atoms with Gasteiger partial charge in [-0.15, -0.1) is 0 Å². The lowest BCUT2D eigenvalue weighted by Crippen LogP contribution is -2.25. The first-order valence-corrected chi connectivity index (χ1v) is 7.37. The van der Waals surface area contributed by atoms with Gasteiger partial charge in [0.1, 0.15) is 23.4 Å². The molecule has 6 heteroatoms. The number of hydrogen-bond donors (Lipinski definition) is 5. The van der Waals surface area contributed by atoms with E-state index < -0.39 is 23.4 Å². The lowest BCUT2D eigenvalue weighted by molar-refractivity contribution is 0.108. The third-order valence-corrected chi connectivity index (χ3v) is 4.26. The van der Waals surface area contributed by atoms with Gasteiger partial charge in [-0.2, -0.15) is 0 Å². The Hall–Kier alpha value is -2.76. The Morgan fingerprint density at radius 3 is 2.22 bits per heavy atom. The maximum atomic E-state index is 9.98. The van der Waals surface area contributed by atoms with Gasteiger partial charge in [0, 0.05) is 29.2 Å². The van der Waals surface area contributed by atoms with Crippen LogP contribution in [0.15, 0.2) is 24.3 Å². The van der Waals surface area contributed by atoms with E-state index in [-0.39, 0.29) is 17.4 Å². The Bertz CT molecular complexity index is 732. The van der Waals surface area contributed by atoms with Gasteiger partial charge in [-0.3, -0.25) is 0 Å². The van der Waals surface area contributed by atoms with Gasteiger partial charge in [0.05, 0.1) is 0 Å². The Morgan fingerprint density at radius 2 is 1.61 bits per heavy atom. The van der Waals surface area contributed by atoms with E-state index in [0.29, 0.717) is 23.3 Å². The molecule has 5 N–H and O–H groups in total. The number of fused-ring (bicyclic) bond motifs is 1. The van der Waals surface area contributed by atoms with E-state index in [4.69, 9.17) is 4.74 Å². The molecule has 2 aromatic rings. The molecule has 2 unspecified atom stereocenters. The average molecular weight is 318 g/mol. The summed E-state index contributed by atoms with van der Waals surface area (Å²) in [4.78, 5) is 0. The molecule has 1 aliphatic heterocycles. The highest BCUT2D eigenvalue weighted by Gasteiger charge is 2.33. The van der Waals surface area contributed by atoms with E-state index in [1.165, 1.54) is 24.3 Å². The molecule has 0 fully saturated rings. The van der Waals surface area contributed by atoms with E-state index in [0.717, 1.165) is 6.42 Å². The minimum atomic E-state index is -0.576. The first-order chi connectivity index (χ1) is 10.9. The van der Waals surface area contributed by atoms with Crippen LogP contribution in [0.2, 0.25) is 0 Å². The molecule has 0 spiro atoms. The maximum Gasteiger partial charge on any atom is 0.200 e. The van der Waals surface area contributed by atoms with Crippen LogP contribution in [0.25, 0.3) is 0 Å². The van der Waals surface area contributed by atoms with Crippen LogP contribution in [0.1, 0.15) is 30.6 Å². The highest BCUT2D eigenvalue weighted by atomic mass is 16.5. The minimum Gasteiger partial charge on any atom is -0.508 e. The summed E-state index contributed by atoms with van der Waals surface area (Å²) in [5.74, 6) is -1.19. The molecule has 23 heavy (non-hydrogen) atoms. The van der Waals surface area contributed by atoms with Crippen LogP contribution in [0, 0.1) is 5.92 Å². The Labute approximate surface area is 132 Å². The zero-order valence-corrected chi connectivity index (χ0v) is 12.5. The van der Waals surface area contributed by atoms with Crippen LogP contribution in [0.4, 0.5) is 0 Å². The molecule has 1 aliphatic rings. The summed E-state index contributed by atoms with van der Waals surface area (Å²) in [7, 11) is 0. The molecule has 2 atom stereocenters. The summed E-state index contributed by atoms with van der Waals surface area (Å²) in [6, 6.07) is 5.38. The maximum absolute atomic E-state index is 9.98. The average Bonchev–Trinajstić information content (AvgIpc) is 2.50. The van der Waals surface area contributed by atoms with Gasteiger partial charge >= 0.3 is 0 Å². The van der Waals surface area contributed by atoms with Crippen LogP contribution in [0.5, 0.6) is 34.5 Å². The summed E-state index contributed by atoms with van der Waals surface area (Å²) >= 11 is 0. The molecule has 0 aliphatic carbocycles. The fourth-order valence-corrected chi connectivity index (χ4v) is 3.02. The Kier molecular flexibility index (Phi) is 3.60. The van der Waals surface area contributed by atoms with Crippen LogP contribution < -0.4 is 4.74 Å². The molecule has 0 saturated carbocycles. The number of aromatic hydroxyl groups is 5. The van der Waals surface area contributed by atoms with Gasteiger partial charge in [0.2, 0.25) is 0 Å². The second kappa shape index (κ2) is 5.46. The number of rotatable bonds is 2. The number of benzene rings is 2. The van der Waals surface area contributed by atoms with Crippen LogP contribution in [-0.4, -0.2) is 25.5 Å². The van der Waals surface area contributed by atoms with E-state index in [2.05, 4.69) is 0 Å². The predicted octanol–water partition coefficient (Wildman–Crippen LogP) is 2.92. The summed E-state index contributed by atoms with van der Waals surface area (Å²) < 4.78 is 5.91. The smallest absolute Gasteiger partial charge is 0.200 e. The zero-order chi connectivity index (χ0) is 16.7. The topological polar surface area (TPSA) is 110 Å². The molecule has 0 radical (unpaired) electrons. The first-order valence-electron chi connectivity index (χ1n) is 7.37. The van der Waals surface area contributed by atoms with Gasteiger partial charge in [-0.05, 0) is 25.0 Å². The summed E-state index contributed by atoms with van der Waals surface area (Å²) in [6.45, 7) is 1.98. The molecule has 122 valence electrons. The van der Waals surface area contributed by atoms with Crippen molar-refractivity contribution in [3.8, 4) is 34.5 Å². The van der Waals surface area contributed by atoms with Gasteiger partial charge < -0.3 is 30.3 Å². The molecule has 0 bridgehead atoms. The molecular formula is C17H18O6. The molecule has 6 nitrogen and oxygen atoms in total. The highest BCUT2D eigenvalue weighted by Crippen LogP contribution is 2.47. The molecule has 2 aromatic carbocycles. The second-order valence-electron chi connectivity index (χ2n) is 5.76. The minimum absolute atomic E-state index is 0.00119. The summed E-state index contributed by atoms with van der Waals surface area (Å²) in [6.07, 6.45) is 0.795. The van der Waals surface area contributed by atoms with Crippen molar-refractivity contribution >= 4 is 0 Å². The number of phenolic OH excluding ortho intramolecular Hbond substituents is 5. The standard InChI is InChI=1S/C17H18O6/c1-2-8-3-11-12(19)6-10(18)7-15(11)23-17(8)9-4-13(20)16(22)14(21)5-9/h4-8,17-22H,2-3H2,1H3. The van der Waals surface area contributed by atoms with E-state index >= 15 is 0 Å². The first kappa shape index (κ1) is 15.1. The monoisotopic (exact) mass is 318 g/mol. The van der Waals surface area contributed by atoms with Crippen molar-refractivity contribution in [1.29, 1.82) is 0 Å². The molecule has 0 saturated heterocycles. The normalized spacial score (nSPS) is 19.9. The molecule has 0 amide bonds. The van der Waals surface area contributed by atoms with Crippen molar-refractivity contribution in [1.82, 2.24) is 0 Å². The van der Waals surface area contributed by atoms with Crippen molar-refractivity contribution in [2.75, 3.05) is 0 Å². The largest absolute Gasteiger partial charge is 0.508 e. The molecule has 3 rings (SSSR count). The predicted molar refractivity (Wildman–Crippen MR) is 82.1 cm³/mol. The summed E-state index contributed by atoms with van der Waals surface area (Å²) in [5.41, 5.74) is 1.14. The number of ether oxygens (including phenoxy) is 1. The molecule has 1 heterocycles. The number of phenols is 5. The van der Waals surface area contributed by atoms with E-state index in [1.807, 2.05) is 6.92 Å². The van der Waals surface area contributed by atoms with Gasteiger partial charge in [-0.25, -0.2) is 0 Å². The third-order valence-electron chi connectivity index (χ3n) is 4.26. The van der Waals surface area contributed by atoms with Crippen molar-refractivity contribution in [3.05, 3.63) is 35.4 Å². The van der Waals surface area contributed by atoms with E-state index in [1.54, 1.807) is 0 Å². The quantitative estimate of drug-likeness (QED) is 0.545. The summed E-state index contributed by atoms with van der Waals surface area (Å²) in [5, 5.41) is 48.5. The third kappa shape index (κ3) is 2.56. The van der Waals surface area contributed by atoms with Gasteiger partial charge in [-0.1, -0.05) is 6.92 Å². The lowest BCUT2D eigenvalue weighted by atomic mass is 9.84. The fraction of sp³-hybridized carbons (Fsp3) is 0.294. The fourth-order valence-electron chi connectivity index (χ4n) is 3.02. The zero-order valence-electron chi connectivity index (χ0n) is 12.5. The van der Waals surface area contributed by atoms with Crippen LogP contribution in [0.3, 0.4) is 0 Å². The lowest BCUT2D eigenvalue weighted by Gasteiger charge is -2.34. The van der Waals surface area contributed by atoms with Crippen molar-refractivity contribution in [2.45, 2.75) is 25.9 Å². The van der Waals surface area contributed by atoms with Crippen LogP contribution in [-0.2, 0) is 6.42 Å². The Balaban J connectivity index is 2.05. The molecular weight excluding hydrogens is 300 g/mol. The number of hydrogen-bond acceptors (Lipinski definition) is 6. The van der Waals surface area contributed by atoms with Crippen LogP contribution >= 0.6 is 0 Å². The molecule has 0 aromatic heterocycles. The van der Waals surface area contributed by atoms with Crippen molar-refractivity contribution < 1.29 is 30.3 Å². The Morgan fingerprint density at radius 1 is 0.957 bits per heavy atom. The van der Waals surface area contributed by atoms with Crippen molar-refractivity contribution in [2.24, 2.45) is 5.92 Å². The van der Waals surface area contributed by atoms with Crippen molar-refractivity contribution in [3.63, 3.8) is 0 Å². The van der Waals surface area contributed by atoms with E-state index in [9.17, 15) is 25.5 Å². The highest BCUT2D eigenvalue weighted by molar-refractivity contribution is 5.54. The SMILES string of the molecule is CCC1Cc2c(O)cc(O)cc2OC1c1cc(O)c(O)c(O)c1. The second-order valence-corrected chi connectivity index (χ2v) is 5.76. The van der Waals surface area contributed by atoms with Gasteiger partial charge in [0.25, 0.3) is 0 Å². The van der Waals surface area contributed by atoms with Gasteiger partial charge in [0.15, 0.2) is 17.2 Å².